The van der Waals surface area contributed by atoms with E-state index in [-0.39, 0.29) is 0 Å². The summed E-state index contributed by atoms with van der Waals surface area (Å²) in [6.07, 6.45) is 2.09. The molecule has 1 saturated heterocycles. The smallest absolute Gasteiger partial charge is 0.225 e. The van der Waals surface area contributed by atoms with Crippen molar-refractivity contribution in [2.24, 2.45) is 0 Å². The third-order valence-corrected chi connectivity index (χ3v) is 7.42. The summed E-state index contributed by atoms with van der Waals surface area (Å²) in [6.45, 7) is 11.2. The van der Waals surface area contributed by atoms with Gasteiger partial charge in [-0.1, -0.05) is 32.0 Å². The number of anilines is 3. The molecule has 9 nitrogen and oxygen atoms in total. The van der Waals surface area contributed by atoms with Gasteiger partial charge in [0.15, 0.2) is 11.5 Å². The number of fused-ring (bicyclic) bond motifs is 1. The zero-order valence-electron chi connectivity index (χ0n) is 23.5. The van der Waals surface area contributed by atoms with Gasteiger partial charge < -0.3 is 30.3 Å². The largest absolute Gasteiger partial charge is 0.493 e. The van der Waals surface area contributed by atoms with Gasteiger partial charge in [0.2, 0.25) is 5.95 Å². The van der Waals surface area contributed by atoms with E-state index in [0.717, 1.165) is 75.4 Å². The quantitative estimate of drug-likeness (QED) is 0.301. The molecule has 3 N–H and O–H groups in total. The van der Waals surface area contributed by atoms with Crippen molar-refractivity contribution in [1.29, 1.82) is 0 Å². The Morgan fingerprint density at radius 3 is 2.39 bits per heavy atom. The number of para-hydroxylation sites is 1. The van der Waals surface area contributed by atoms with Gasteiger partial charge in [-0.25, -0.2) is 4.98 Å². The number of hydrogen-bond acceptors (Lipinski definition) is 9. The Morgan fingerprint density at radius 1 is 1.00 bits per heavy atom. The molecule has 0 aliphatic carbocycles. The first kappa shape index (κ1) is 27.7. The molecule has 206 valence electrons. The lowest BCUT2D eigenvalue weighted by Crippen LogP contribution is -2.39. The molecule has 1 aliphatic rings. The van der Waals surface area contributed by atoms with Crippen molar-refractivity contribution in [1.82, 2.24) is 19.8 Å². The minimum atomic E-state index is 0.334. The second-order valence-electron chi connectivity index (χ2n) is 9.68. The van der Waals surface area contributed by atoms with Crippen molar-refractivity contribution in [3.8, 4) is 11.5 Å². The number of nitrogens with one attached hydrogen (secondary N) is 3. The zero-order valence-corrected chi connectivity index (χ0v) is 23.5. The third kappa shape index (κ3) is 6.76. The van der Waals surface area contributed by atoms with Crippen LogP contribution in [0.25, 0.3) is 10.9 Å². The maximum atomic E-state index is 5.58. The van der Waals surface area contributed by atoms with Crippen LogP contribution >= 0.6 is 0 Å². The van der Waals surface area contributed by atoms with E-state index in [1.54, 1.807) is 14.2 Å². The predicted octanol–water partition coefficient (Wildman–Crippen LogP) is 4.52. The Labute approximate surface area is 226 Å². The molecule has 4 rings (SSSR count). The number of rotatable bonds is 13. The summed E-state index contributed by atoms with van der Waals surface area (Å²) in [5.74, 6) is 2.79. The Hall–Kier alpha value is -3.30. The van der Waals surface area contributed by atoms with Crippen LogP contribution in [0.1, 0.15) is 32.3 Å². The number of aromatic nitrogens is 2. The fourth-order valence-corrected chi connectivity index (χ4v) is 5.08. The summed E-state index contributed by atoms with van der Waals surface area (Å²) < 4.78 is 11.1. The van der Waals surface area contributed by atoms with E-state index < -0.39 is 0 Å². The minimum Gasteiger partial charge on any atom is -0.493 e. The molecule has 0 bridgehead atoms. The Bertz CT molecular complexity index is 1180. The lowest BCUT2D eigenvalue weighted by molar-refractivity contribution is 0.211. The first-order valence-corrected chi connectivity index (χ1v) is 13.7. The molecule has 0 atom stereocenters. The monoisotopic (exact) mass is 521 g/mol. The van der Waals surface area contributed by atoms with Crippen LogP contribution in [-0.2, 0) is 6.54 Å². The average molecular weight is 522 g/mol. The molecule has 2 aromatic carbocycles. The van der Waals surface area contributed by atoms with Crippen LogP contribution < -0.4 is 25.4 Å². The van der Waals surface area contributed by atoms with Gasteiger partial charge in [-0.15, -0.1) is 0 Å². The molecule has 1 aromatic heterocycles. The van der Waals surface area contributed by atoms with Crippen molar-refractivity contribution in [3.63, 3.8) is 0 Å². The average Bonchev–Trinajstić information content (AvgIpc) is 2.96. The second-order valence-corrected chi connectivity index (χ2v) is 9.68. The topological polar surface area (TPSA) is 86.8 Å². The lowest BCUT2D eigenvalue weighted by Gasteiger charge is -2.33. The highest BCUT2D eigenvalue weighted by Crippen LogP contribution is 2.35. The van der Waals surface area contributed by atoms with Gasteiger partial charge in [-0.2, -0.15) is 4.98 Å². The molecule has 3 aromatic rings. The molecule has 0 amide bonds. The van der Waals surface area contributed by atoms with Crippen LogP contribution in [0.4, 0.5) is 17.5 Å². The highest BCUT2D eigenvalue weighted by Gasteiger charge is 2.22. The standard InChI is InChI=1S/C29H43N7O2/c1-6-35(7-2)17-14-31-29-33-25-19-27(38-5)26(37-4)18-23(25)28(34-29)32-22-12-15-36(16-13-22)20-21-10-8-9-11-24(21)30-3/h8-11,18-19,22,30H,6-7,12-17,20H2,1-5H3,(H2,31,32,33,34). The van der Waals surface area contributed by atoms with Crippen LogP contribution in [0.5, 0.6) is 11.5 Å². The van der Waals surface area contributed by atoms with Crippen LogP contribution in [0.15, 0.2) is 36.4 Å². The molecule has 0 radical (unpaired) electrons. The molecular formula is C29H43N7O2. The summed E-state index contributed by atoms with van der Waals surface area (Å²) in [7, 11) is 5.29. The maximum Gasteiger partial charge on any atom is 0.225 e. The molecule has 38 heavy (non-hydrogen) atoms. The van der Waals surface area contributed by atoms with Gasteiger partial charge in [0, 0.05) is 63.0 Å². The molecule has 0 unspecified atom stereocenters. The van der Waals surface area contributed by atoms with E-state index >= 15 is 0 Å². The number of hydrogen-bond donors (Lipinski definition) is 3. The summed E-state index contributed by atoms with van der Waals surface area (Å²) >= 11 is 0. The number of benzene rings is 2. The second kappa shape index (κ2) is 13.5. The Kier molecular flexibility index (Phi) is 9.84. The van der Waals surface area contributed by atoms with Crippen molar-refractivity contribution in [2.75, 3.05) is 76.5 Å². The van der Waals surface area contributed by atoms with Crippen LogP contribution in [0.2, 0.25) is 0 Å². The molecular weight excluding hydrogens is 478 g/mol. The molecule has 0 saturated carbocycles. The highest BCUT2D eigenvalue weighted by molar-refractivity contribution is 5.92. The predicted molar refractivity (Wildman–Crippen MR) is 157 cm³/mol. The Balaban J connectivity index is 1.49. The van der Waals surface area contributed by atoms with Crippen molar-refractivity contribution in [2.45, 2.75) is 39.3 Å². The van der Waals surface area contributed by atoms with Gasteiger partial charge in [0.1, 0.15) is 5.82 Å². The summed E-state index contributed by atoms with van der Waals surface area (Å²) in [5, 5.41) is 11.4. The summed E-state index contributed by atoms with van der Waals surface area (Å²) in [6, 6.07) is 12.8. The summed E-state index contributed by atoms with van der Waals surface area (Å²) in [4.78, 5) is 14.6. The zero-order chi connectivity index (χ0) is 26.9. The maximum absolute atomic E-state index is 5.58. The third-order valence-electron chi connectivity index (χ3n) is 7.42. The van der Waals surface area contributed by atoms with E-state index in [2.05, 4.69) is 63.9 Å². The Morgan fingerprint density at radius 2 is 1.71 bits per heavy atom. The van der Waals surface area contributed by atoms with Crippen molar-refractivity contribution >= 4 is 28.4 Å². The number of ether oxygens (including phenoxy) is 2. The fourth-order valence-electron chi connectivity index (χ4n) is 5.08. The molecule has 1 aliphatic heterocycles. The first-order valence-electron chi connectivity index (χ1n) is 13.7. The number of likely N-dealkylation sites (N-methyl/N-ethyl adjacent to an activating group) is 1. The molecule has 0 spiro atoms. The van der Waals surface area contributed by atoms with E-state index in [4.69, 9.17) is 19.4 Å². The number of nitrogens with zero attached hydrogens (tertiary/aromatic N) is 4. The molecule has 1 fully saturated rings. The van der Waals surface area contributed by atoms with Gasteiger partial charge in [-0.05, 0) is 43.6 Å². The van der Waals surface area contributed by atoms with E-state index in [1.165, 1.54) is 11.3 Å². The van der Waals surface area contributed by atoms with E-state index in [1.807, 2.05) is 19.2 Å². The lowest BCUT2D eigenvalue weighted by atomic mass is 10.0. The van der Waals surface area contributed by atoms with Crippen molar-refractivity contribution < 1.29 is 9.47 Å². The normalized spacial score (nSPS) is 14.6. The van der Waals surface area contributed by atoms with Crippen molar-refractivity contribution in [3.05, 3.63) is 42.0 Å². The fraction of sp³-hybridized carbons (Fsp3) is 0.517. The first-order chi connectivity index (χ1) is 18.6. The SMILES string of the molecule is CCN(CC)CCNc1nc(NC2CCN(Cc3ccccc3NC)CC2)c2cc(OC)c(OC)cc2n1. The molecule has 9 heteroatoms. The number of likely N-dealkylation sites (tertiary alicyclic amines) is 1. The highest BCUT2D eigenvalue weighted by atomic mass is 16.5. The van der Waals surface area contributed by atoms with Crippen LogP contribution in [0, 0.1) is 0 Å². The number of methoxy groups -OCH3 is 2. The molecule has 2 heterocycles. The summed E-state index contributed by atoms with van der Waals surface area (Å²) in [5.41, 5.74) is 3.36. The minimum absolute atomic E-state index is 0.334. The number of piperidine rings is 1. The van der Waals surface area contributed by atoms with Gasteiger partial charge in [0.05, 0.1) is 19.7 Å². The van der Waals surface area contributed by atoms with Gasteiger partial charge in [0.25, 0.3) is 0 Å². The van der Waals surface area contributed by atoms with Crippen LogP contribution in [0.3, 0.4) is 0 Å². The van der Waals surface area contributed by atoms with E-state index in [9.17, 15) is 0 Å². The van der Waals surface area contributed by atoms with Gasteiger partial charge >= 0.3 is 0 Å². The van der Waals surface area contributed by atoms with E-state index in [0.29, 0.717) is 23.5 Å². The van der Waals surface area contributed by atoms with Crippen LogP contribution in [-0.4, -0.2) is 86.3 Å². The van der Waals surface area contributed by atoms with Gasteiger partial charge in [-0.3, -0.25) is 4.90 Å².